The lowest BCUT2D eigenvalue weighted by Gasteiger charge is -2.07. The fourth-order valence-corrected chi connectivity index (χ4v) is 2.32. The zero-order chi connectivity index (χ0) is 13.7. The first-order chi connectivity index (χ1) is 9.16. The van der Waals surface area contributed by atoms with Crippen LogP contribution < -0.4 is 11.1 Å². The van der Waals surface area contributed by atoms with E-state index in [0.29, 0.717) is 23.7 Å². The van der Waals surface area contributed by atoms with E-state index in [-0.39, 0.29) is 24.0 Å². The van der Waals surface area contributed by atoms with Crippen molar-refractivity contribution in [3.63, 3.8) is 0 Å². The van der Waals surface area contributed by atoms with Gasteiger partial charge in [0.2, 0.25) is 0 Å². The maximum atomic E-state index is 5.86. The van der Waals surface area contributed by atoms with Gasteiger partial charge >= 0.3 is 0 Å². The minimum atomic E-state index is 0. The van der Waals surface area contributed by atoms with Gasteiger partial charge < -0.3 is 11.1 Å². The number of hydrogen-bond acceptors (Lipinski definition) is 1. The first kappa shape index (κ1) is 17.3. The smallest absolute Gasteiger partial charge is 0.188 e. The molecule has 0 aromatic heterocycles. The molecule has 2 atom stereocenters. The number of rotatable bonds is 6. The Morgan fingerprint density at radius 2 is 2.05 bits per heavy atom. The Bertz CT molecular complexity index is 417. The molecule has 2 unspecified atom stereocenters. The summed E-state index contributed by atoms with van der Waals surface area (Å²) in [7, 11) is 0. The number of benzene rings is 1. The second-order valence-corrected chi connectivity index (χ2v) is 5.85. The summed E-state index contributed by atoms with van der Waals surface area (Å²) >= 11 is 0. The number of halogens is 1. The molecule has 1 aliphatic carbocycles. The largest absolute Gasteiger partial charge is 0.370 e. The van der Waals surface area contributed by atoms with Crippen molar-refractivity contribution >= 4 is 29.9 Å². The van der Waals surface area contributed by atoms with Crippen molar-refractivity contribution in [2.75, 3.05) is 13.1 Å². The number of nitrogens with two attached hydrogens (primary N) is 1. The molecule has 1 aromatic carbocycles. The summed E-state index contributed by atoms with van der Waals surface area (Å²) < 4.78 is 0. The van der Waals surface area contributed by atoms with Crippen LogP contribution in [0.1, 0.15) is 38.2 Å². The number of nitrogens with one attached hydrogen (secondary N) is 1. The van der Waals surface area contributed by atoms with Gasteiger partial charge in [-0.25, -0.2) is 0 Å². The van der Waals surface area contributed by atoms with Gasteiger partial charge in [0.1, 0.15) is 0 Å². The van der Waals surface area contributed by atoms with Crippen LogP contribution in [0.25, 0.3) is 0 Å². The van der Waals surface area contributed by atoms with E-state index in [4.69, 9.17) is 5.73 Å². The Balaban J connectivity index is 0.00000200. The van der Waals surface area contributed by atoms with Crippen LogP contribution in [0.15, 0.2) is 35.3 Å². The molecule has 1 fully saturated rings. The topological polar surface area (TPSA) is 50.4 Å². The Kier molecular flexibility index (Phi) is 7.34. The second-order valence-electron chi connectivity index (χ2n) is 5.85. The molecule has 1 saturated carbocycles. The molecule has 3 nitrogen and oxygen atoms in total. The highest BCUT2D eigenvalue weighted by Gasteiger charge is 2.37. The highest BCUT2D eigenvalue weighted by atomic mass is 127. The SMILES string of the molecule is CC(C)CCNC(N)=NCC1CC1c1ccccc1.I. The van der Waals surface area contributed by atoms with Crippen LogP contribution in [-0.4, -0.2) is 19.0 Å². The van der Waals surface area contributed by atoms with Crippen molar-refractivity contribution in [2.45, 2.75) is 32.6 Å². The number of aliphatic imine (C=N–C) groups is 1. The standard InChI is InChI=1S/C16H25N3.HI/c1-12(2)8-9-18-16(17)19-11-14-10-15(14)13-6-4-3-5-7-13;/h3-7,12,14-15H,8-11H2,1-2H3,(H3,17,18,19);1H. The lowest BCUT2D eigenvalue weighted by Crippen LogP contribution is -2.33. The summed E-state index contributed by atoms with van der Waals surface area (Å²) in [5, 5.41) is 3.18. The molecule has 0 spiro atoms. The summed E-state index contributed by atoms with van der Waals surface area (Å²) in [6.45, 7) is 6.19. The zero-order valence-corrected chi connectivity index (χ0v) is 14.7. The number of nitrogens with zero attached hydrogens (tertiary/aromatic N) is 1. The van der Waals surface area contributed by atoms with E-state index in [1.807, 2.05) is 0 Å². The van der Waals surface area contributed by atoms with Crippen LogP contribution in [0.3, 0.4) is 0 Å². The molecule has 2 rings (SSSR count). The third-order valence-electron chi connectivity index (χ3n) is 3.67. The minimum Gasteiger partial charge on any atom is -0.370 e. The number of hydrogen-bond donors (Lipinski definition) is 2. The predicted molar refractivity (Wildman–Crippen MR) is 96.7 cm³/mol. The third kappa shape index (κ3) is 5.69. The van der Waals surface area contributed by atoms with Crippen molar-refractivity contribution in [2.24, 2.45) is 22.6 Å². The lowest BCUT2D eigenvalue weighted by molar-refractivity contribution is 0.576. The van der Waals surface area contributed by atoms with Gasteiger partial charge in [-0.1, -0.05) is 44.2 Å². The summed E-state index contributed by atoms with van der Waals surface area (Å²) in [5.74, 6) is 2.66. The van der Waals surface area contributed by atoms with Gasteiger partial charge in [-0.15, -0.1) is 24.0 Å². The van der Waals surface area contributed by atoms with Crippen molar-refractivity contribution in [3.05, 3.63) is 35.9 Å². The first-order valence-electron chi connectivity index (χ1n) is 7.25. The molecular formula is C16H26IN3. The molecule has 0 aliphatic heterocycles. The summed E-state index contributed by atoms with van der Waals surface area (Å²) in [6, 6.07) is 10.7. The molecular weight excluding hydrogens is 361 g/mol. The average molecular weight is 387 g/mol. The Morgan fingerprint density at radius 1 is 1.35 bits per heavy atom. The van der Waals surface area contributed by atoms with Gasteiger partial charge in [0.25, 0.3) is 0 Å². The van der Waals surface area contributed by atoms with E-state index in [9.17, 15) is 0 Å². The second kappa shape index (κ2) is 8.49. The van der Waals surface area contributed by atoms with Crippen LogP contribution in [0, 0.1) is 11.8 Å². The molecule has 4 heteroatoms. The van der Waals surface area contributed by atoms with Crippen LogP contribution in [0.2, 0.25) is 0 Å². The van der Waals surface area contributed by atoms with E-state index in [1.54, 1.807) is 0 Å². The molecule has 0 bridgehead atoms. The summed E-state index contributed by atoms with van der Waals surface area (Å²) in [6.07, 6.45) is 2.37. The molecule has 0 radical (unpaired) electrons. The summed E-state index contributed by atoms with van der Waals surface area (Å²) in [5.41, 5.74) is 7.30. The molecule has 1 aliphatic rings. The third-order valence-corrected chi connectivity index (χ3v) is 3.67. The van der Waals surface area contributed by atoms with E-state index < -0.39 is 0 Å². The first-order valence-corrected chi connectivity index (χ1v) is 7.25. The van der Waals surface area contributed by atoms with E-state index in [2.05, 4.69) is 54.5 Å². The maximum absolute atomic E-state index is 5.86. The van der Waals surface area contributed by atoms with Crippen LogP contribution in [-0.2, 0) is 0 Å². The Labute approximate surface area is 139 Å². The Hall–Kier alpha value is -0.780. The number of guanidine groups is 1. The van der Waals surface area contributed by atoms with Crippen molar-refractivity contribution < 1.29 is 0 Å². The summed E-state index contributed by atoms with van der Waals surface area (Å²) in [4.78, 5) is 4.44. The maximum Gasteiger partial charge on any atom is 0.188 e. The van der Waals surface area contributed by atoms with Gasteiger partial charge in [0.05, 0.1) is 0 Å². The van der Waals surface area contributed by atoms with Crippen molar-refractivity contribution in [3.8, 4) is 0 Å². The predicted octanol–water partition coefficient (Wildman–Crippen LogP) is 3.36. The quantitative estimate of drug-likeness (QED) is 0.447. The Morgan fingerprint density at radius 3 is 2.70 bits per heavy atom. The fraction of sp³-hybridized carbons (Fsp3) is 0.562. The minimum absolute atomic E-state index is 0. The molecule has 0 amide bonds. The van der Waals surface area contributed by atoms with Crippen LogP contribution in [0.4, 0.5) is 0 Å². The normalized spacial score (nSPS) is 21.4. The zero-order valence-electron chi connectivity index (χ0n) is 12.4. The molecule has 112 valence electrons. The van der Waals surface area contributed by atoms with Gasteiger partial charge in [0, 0.05) is 13.1 Å². The molecule has 0 saturated heterocycles. The highest BCUT2D eigenvalue weighted by Crippen LogP contribution is 2.47. The van der Waals surface area contributed by atoms with Crippen LogP contribution in [0.5, 0.6) is 0 Å². The van der Waals surface area contributed by atoms with Crippen molar-refractivity contribution in [1.29, 1.82) is 0 Å². The lowest BCUT2D eigenvalue weighted by atomic mass is 10.1. The van der Waals surface area contributed by atoms with E-state index in [1.165, 1.54) is 12.0 Å². The highest BCUT2D eigenvalue weighted by molar-refractivity contribution is 14.0. The average Bonchev–Trinajstić information content (AvgIpc) is 3.16. The van der Waals surface area contributed by atoms with E-state index >= 15 is 0 Å². The monoisotopic (exact) mass is 387 g/mol. The van der Waals surface area contributed by atoms with Gasteiger partial charge in [-0.2, -0.15) is 0 Å². The molecule has 0 heterocycles. The molecule has 3 N–H and O–H groups in total. The van der Waals surface area contributed by atoms with Crippen LogP contribution >= 0.6 is 24.0 Å². The molecule has 20 heavy (non-hydrogen) atoms. The van der Waals surface area contributed by atoms with Gasteiger partial charge in [-0.3, -0.25) is 4.99 Å². The van der Waals surface area contributed by atoms with E-state index in [0.717, 1.165) is 19.5 Å². The van der Waals surface area contributed by atoms with Crippen molar-refractivity contribution in [1.82, 2.24) is 5.32 Å². The molecule has 1 aromatic rings. The van der Waals surface area contributed by atoms with Gasteiger partial charge in [0.15, 0.2) is 5.96 Å². The fourth-order valence-electron chi connectivity index (χ4n) is 2.32. The van der Waals surface area contributed by atoms with Gasteiger partial charge in [-0.05, 0) is 36.2 Å².